The van der Waals surface area contributed by atoms with Crippen molar-refractivity contribution in [1.29, 1.82) is 0 Å². The number of rotatable bonds is 5. The summed E-state index contributed by atoms with van der Waals surface area (Å²) < 4.78 is 5.17. The van der Waals surface area contributed by atoms with Gasteiger partial charge in [0, 0.05) is 13.1 Å². The molecule has 1 rings (SSSR count). The summed E-state index contributed by atoms with van der Waals surface area (Å²) in [6.07, 6.45) is 2.41. The number of amides is 1. The van der Waals surface area contributed by atoms with Crippen LogP contribution in [0.2, 0.25) is 0 Å². The third-order valence-electron chi connectivity index (χ3n) is 2.17. The van der Waals surface area contributed by atoms with E-state index in [0.717, 1.165) is 12.2 Å². The Hall–Kier alpha value is -1.29. The zero-order valence-electron chi connectivity index (χ0n) is 8.80. The predicted molar refractivity (Wildman–Crippen MR) is 53.2 cm³/mol. The van der Waals surface area contributed by atoms with Crippen LogP contribution in [0.15, 0.2) is 22.8 Å². The van der Waals surface area contributed by atoms with Crippen LogP contribution in [0.5, 0.6) is 0 Å². The summed E-state index contributed by atoms with van der Waals surface area (Å²) in [5, 5.41) is 3.46. The normalized spacial score (nSPS) is 10.9. The molecule has 0 N–H and O–H groups in total. The third kappa shape index (κ3) is 2.60. The SMILES string of the molecule is CC(C)N(C)N(C=O)Cc1ccco1. The highest BCUT2D eigenvalue weighted by Gasteiger charge is 2.13. The largest absolute Gasteiger partial charge is 0.467 e. The molecule has 0 aliphatic carbocycles. The van der Waals surface area contributed by atoms with Gasteiger partial charge in [-0.25, -0.2) is 5.01 Å². The Kier molecular flexibility index (Phi) is 3.71. The summed E-state index contributed by atoms with van der Waals surface area (Å²) >= 11 is 0. The molecule has 0 saturated carbocycles. The van der Waals surface area contributed by atoms with Gasteiger partial charge >= 0.3 is 0 Å². The quantitative estimate of drug-likeness (QED) is 0.529. The molecule has 0 fully saturated rings. The van der Waals surface area contributed by atoms with Crippen LogP contribution in [0.4, 0.5) is 0 Å². The second-order valence-corrected chi connectivity index (χ2v) is 3.45. The van der Waals surface area contributed by atoms with Gasteiger partial charge in [-0.05, 0) is 26.0 Å². The van der Waals surface area contributed by atoms with Crippen molar-refractivity contribution < 1.29 is 9.21 Å². The highest BCUT2D eigenvalue weighted by molar-refractivity contribution is 5.46. The van der Waals surface area contributed by atoms with E-state index in [-0.39, 0.29) is 6.04 Å². The Bertz CT molecular complexity index is 270. The lowest BCUT2D eigenvalue weighted by molar-refractivity contribution is -0.137. The predicted octanol–water partition coefficient (Wildman–Crippen LogP) is 1.49. The second kappa shape index (κ2) is 4.81. The molecule has 14 heavy (non-hydrogen) atoms. The molecule has 0 atom stereocenters. The summed E-state index contributed by atoms with van der Waals surface area (Å²) in [6.45, 7) is 4.53. The van der Waals surface area contributed by atoms with E-state index in [1.807, 2.05) is 38.0 Å². The van der Waals surface area contributed by atoms with Gasteiger partial charge in [0.1, 0.15) is 5.76 Å². The van der Waals surface area contributed by atoms with E-state index in [4.69, 9.17) is 4.42 Å². The maximum absolute atomic E-state index is 10.8. The molecule has 4 heteroatoms. The van der Waals surface area contributed by atoms with Gasteiger partial charge in [0.2, 0.25) is 6.41 Å². The number of hydrogen-bond acceptors (Lipinski definition) is 3. The Balaban J connectivity index is 2.59. The van der Waals surface area contributed by atoms with Crippen molar-refractivity contribution in [2.45, 2.75) is 26.4 Å². The van der Waals surface area contributed by atoms with Crippen molar-refractivity contribution in [3.8, 4) is 0 Å². The van der Waals surface area contributed by atoms with Crippen molar-refractivity contribution in [3.05, 3.63) is 24.2 Å². The lowest BCUT2D eigenvalue weighted by Crippen LogP contribution is -2.42. The Labute approximate surface area is 84.1 Å². The molecule has 0 unspecified atom stereocenters. The van der Waals surface area contributed by atoms with E-state index in [2.05, 4.69) is 0 Å². The van der Waals surface area contributed by atoms with Gasteiger partial charge in [-0.2, -0.15) is 0 Å². The molecule has 4 nitrogen and oxygen atoms in total. The van der Waals surface area contributed by atoms with E-state index in [1.165, 1.54) is 0 Å². The minimum atomic E-state index is 0.287. The fourth-order valence-corrected chi connectivity index (χ4v) is 1.08. The Morgan fingerprint density at radius 2 is 2.29 bits per heavy atom. The maximum atomic E-state index is 10.8. The topological polar surface area (TPSA) is 36.7 Å². The van der Waals surface area contributed by atoms with E-state index in [1.54, 1.807) is 11.3 Å². The average Bonchev–Trinajstić information content (AvgIpc) is 2.65. The molecule has 0 spiro atoms. The van der Waals surface area contributed by atoms with Crippen LogP contribution in [0, 0.1) is 0 Å². The fraction of sp³-hybridized carbons (Fsp3) is 0.500. The summed E-state index contributed by atoms with van der Waals surface area (Å²) in [6, 6.07) is 3.95. The Morgan fingerprint density at radius 1 is 1.57 bits per heavy atom. The molecule has 0 aromatic carbocycles. The van der Waals surface area contributed by atoms with E-state index >= 15 is 0 Å². The molecule has 1 aromatic rings. The molecule has 0 bridgehead atoms. The number of carbonyl (C=O) groups excluding carboxylic acids is 1. The minimum absolute atomic E-state index is 0.287. The summed E-state index contributed by atoms with van der Waals surface area (Å²) in [5.74, 6) is 0.782. The number of hydrogen-bond donors (Lipinski definition) is 0. The summed E-state index contributed by atoms with van der Waals surface area (Å²) in [7, 11) is 1.88. The molecular formula is C10H16N2O2. The van der Waals surface area contributed by atoms with Crippen LogP contribution in [-0.4, -0.2) is 29.5 Å². The molecular weight excluding hydrogens is 180 g/mol. The minimum Gasteiger partial charge on any atom is -0.467 e. The Morgan fingerprint density at radius 3 is 2.71 bits per heavy atom. The van der Waals surface area contributed by atoms with Crippen LogP contribution in [0.25, 0.3) is 0 Å². The summed E-state index contributed by atoms with van der Waals surface area (Å²) in [5.41, 5.74) is 0. The zero-order valence-corrected chi connectivity index (χ0v) is 8.80. The van der Waals surface area contributed by atoms with Crippen LogP contribution in [0.1, 0.15) is 19.6 Å². The maximum Gasteiger partial charge on any atom is 0.224 e. The molecule has 1 amide bonds. The summed E-state index contributed by atoms with van der Waals surface area (Å²) in [4.78, 5) is 10.8. The van der Waals surface area contributed by atoms with Crippen LogP contribution >= 0.6 is 0 Å². The van der Waals surface area contributed by atoms with Crippen molar-refractivity contribution in [2.24, 2.45) is 0 Å². The second-order valence-electron chi connectivity index (χ2n) is 3.45. The fourth-order valence-electron chi connectivity index (χ4n) is 1.08. The molecule has 1 aromatic heterocycles. The smallest absolute Gasteiger partial charge is 0.224 e. The highest BCUT2D eigenvalue weighted by Crippen LogP contribution is 2.07. The standard InChI is InChI=1S/C10H16N2O2/c1-9(2)11(3)12(8-13)7-10-5-4-6-14-10/h4-6,8-9H,7H2,1-3H3. The molecule has 0 aliphatic rings. The number of hydrazine groups is 1. The van der Waals surface area contributed by atoms with E-state index < -0.39 is 0 Å². The monoisotopic (exact) mass is 196 g/mol. The number of furan rings is 1. The van der Waals surface area contributed by atoms with E-state index in [9.17, 15) is 4.79 Å². The first-order chi connectivity index (χ1) is 6.65. The van der Waals surface area contributed by atoms with Crippen LogP contribution in [0.3, 0.4) is 0 Å². The lowest BCUT2D eigenvalue weighted by Gasteiger charge is -2.30. The van der Waals surface area contributed by atoms with Gasteiger partial charge in [0.25, 0.3) is 0 Å². The third-order valence-corrected chi connectivity index (χ3v) is 2.17. The van der Waals surface area contributed by atoms with Crippen molar-refractivity contribution >= 4 is 6.41 Å². The first-order valence-electron chi connectivity index (χ1n) is 4.62. The van der Waals surface area contributed by atoms with E-state index in [0.29, 0.717) is 6.54 Å². The van der Waals surface area contributed by atoms with Crippen molar-refractivity contribution in [1.82, 2.24) is 10.0 Å². The van der Waals surface area contributed by atoms with Gasteiger partial charge in [0.05, 0.1) is 12.8 Å². The molecule has 0 radical (unpaired) electrons. The number of carbonyl (C=O) groups is 1. The van der Waals surface area contributed by atoms with Gasteiger partial charge in [-0.15, -0.1) is 0 Å². The molecule has 78 valence electrons. The van der Waals surface area contributed by atoms with Gasteiger partial charge in [0.15, 0.2) is 0 Å². The highest BCUT2D eigenvalue weighted by atomic mass is 16.3. The van der Waals surface area contributed by atoms with Crippen LogP contribution < -0.4 is 0 Å². The molecule has 0 aliphatic heterocycles. The van der Waals surface area contributed by atoms with Crippen molar-refractivity contribution in [2.75, 3.05) is 7.05 Å². The lowest BCUT2D eigenvalue weighted by atomic mass is 10.4. The number of nitrogens with zero attached hydrogens (tertiary/aromatic N) is 2. The molecule has 0 saturated heterocycles. The van der Waals surface area contributed by atoms with Gasteiger partial charge < -0.3 is 4.42 Å². The van der Waals surface area contributed by atoms with Crippen molar-refractivity contribution in [3.63, 3.8) is 0 Å². The van der Waals surface area contributed by atoms with Crippen LogP contribution in [-0.2, 0) is 11.3 Å². The zero-order chi connectivity index (χ0) is 10.6. The first kappa shape index (κ1) is 10.8. The first-order valence-corrected chi connectivity index (χ1v) is 4.62. The van der Waals surface area contributed by atoms with Gasteiger partial charge in [-0.3, -0.25) is 9.80 Å². The average molecular weight is 196 g/mol. The van der Waals surface area contributed by atoms with Gasteiger partial charge in [-0.1, -0.05) is 0 Å². The molecule has 1 heterocycles.